The Balaban J connectivity index is 1.40. The summed E-state index contributed by atoms with van der Waals surface area (Å²) in [5.41, 5.74) is 4.08. The molecule has 1 fully saturated rings. The SMILES string of the molecule is O=C(Nc1ccccc1-c1cn[nH]c1)N1CCC(Cc2ccccc2)C1. The Morgan fingerprint density at radius 2 is 1.96 bits per heavy atom. The molecule has 1 unspecified atom stereocenters. The van der Waals surface area contributed by atoms with Gasteiger partial charge in [0, 0.05) is 30.4 Å². The van der Waals surface area contributed by atoms with Crippen LogP contribution in [0.1, 0.15) is 12.0 Å². The molecule has 0 saturated carbocycles. The van der Waals surface area contributed by atoms with E-state index in [-0.39, 0.29) is 6.03 Å². The standard InChI is InChI=1S/C21H22N4O/c26-21(24-20-9-5-4-8-19(20)18-13-22-23-14-18)25-11-10-17(15-25)12-16-6-2-1-3-7-16/h1-9,13-14,17H,10-12,15H2,(H,22,23)(H,24,26). The predicted molar refractivity (Wildman–Crippen MR) is 103 cm³/mol. The summed E-state index contributed by atoms with van der Waals surface area (Å²) < 4.78 is 0. The van der Waals surface area contributed by atoms with Gasteiger partial charge in [0.25, 0.3) is 0 Å². The number of amides is 2. The van der Waals surface area contributed by atoms with Crippen molar-refractivity contribution in [1.29, 1.82) is 0 Å². The summed E-state index contributed by atoms with van der Waals surface area (Å²) in [6.45, 7) is 1.60. The van der Waals surface area contributed by atoms with Gasteiger partial charge in [-0.1, -0.05) is 48.5 Å². The van der Waals surface area contributed by atoms with E-state index in [0.29, 0.717) is 5.92 Å². The van der Waals surface area contributed by atoms with Crippen LogP contribution in [0.2, 0.25) is 0 Å². The largest absolute Gasteiger partial charge is 0.324 e. The molecule has 5 heteroatoms. The van der Waals surface area contributed by atoms with E-state index in [0.717, 1.165) is 42.7 Å². The number of para-hydroxylation sites is 1. The fraction of sp³-hybridized carbons (Fsp3) is 0.238. The average molecular weight is 346 g/mol. The molecule has 2 heterocycles. The number of carbonyl (C=O) groups excluding carboxylic acids is 1. The number of nitrogens with one attached hydrogen (secondary N) is 2. The Labute approximate surface area is 153 Å². The molecule has 0 bridgehead atoms. The van der Waals surface area contributed by atoms with Gasteiger partial charge in [-0.15, -0.1) is 0 Å². The molecule has 0 aliphatic carbocycles. The first-order chi connectivity index (χ1) is 12.8. The van der Waals surface area contributed by atoms with E-state index in [2.05, 4.69) is 39.8 Å². The molecule has 3 aromatic rings. The molecular weight excluding hydrogens is 324 g/mol. The van der Waals surface area contributed by atoms with Crippen LogP contribution < -0.4 is 5.32 Å². The van der Waals surface area contributed by atoms with Crippen molar-refractivity contribution in [1.82, 2.24) is 15.1 Å². The molecule has 26 heavy (non-hydrogen) atoms. The first kappa shape index (κ1) is 16.4. The molecule has 4 rings (SSSR count). The van der Waals surface area contributed by atoms with Crippen molar-refractivity contribution in [2.24, 2.45) is 5.92 Å². The highest BCUT2D eigenvalue weighted by Crippen LogP contribution is 2.28. The summed E-state index contributed by atoms with van der Waals surface area (Å²) in [6.07, 6.45) is 5.66. The smallest absolute Gasteiger partial charge is 0.321 e. The number of hydrogen-bond donors (Lipinski definition) is 2. The molecule has 5 nitrogen and oxygen atoms in total. The minimum absolute atomic E-state index is 0.0310. The second-order valence-corrected chi connectivity index (χ2v) is 6.75. The Morgan fingerprint density at radius 3 is 2.77 bits per heavy atom. The number of urea groups is 1. The van der Waals surface area contributed by atoms with Crippen LogP contribution in [0.15, 0.2) is 67.0 Å². The fourth-order valence-corrected chi connectivity index (χ4v) is 3.57. The van der Waals surface area contributed by atoms with Crippen LogP contribution in [0.25, 0.3) is 11.1 Å². The Bertz CT molecular complexity index is 861. The molecule has 2 amide bonds. The predicted octanol–water partition coefficient (Wildman–Crippen LogP) is 4.17. The maximum Gasteiger partial charge on any atom is 0.321 e. The first-order valence-electron chi connectivity index (χ1n) is 8.97. The number of carbonyl (C=O) groups is 1. The van der Waals surface area contributed by atoms with Gasteiger partial charge in [0.2, 0.25) is 0 Å². The molecule has 132 valence electrons. The molecule has 2 N–H and O–H groups in total. The van der Waals surface area contributed by atoms with Crippen molar-refractivity contribution in [2.45, 2.75) is 12.8 Å². The third-order valence-corrected chi connectivity index (χ3v) is 4.92. The lowest BCUT2D eigenvalue weighted by molar-refractivity contribution is 0.221. The Hall–Kier alpha value is -3.08. The summed E-state index contributed by atoms with van der Waals surface area (Å²) in [5.74, 6) is 0.521. The van der Waals surface area contributed by atoms with Crippen molar-refractivity contribution < 1.29 is 4.79 Å². The molecular formula is C21H22N4O. The molecule has 1 aliphatic heterocycles. The van der Waals surface area contributed by atoms with Gasteiger partial charge in [0.15, 0.2) is 0 Å². The van der Waals surface area contributed by atoms with Crippen LogP contribution in [0, 0.1) is 5.92 Å². The maximum absolute atomic E-state index is 12.7. The lowest BCUT2D eigenvalue weighted by Crippen LogP contribution is -2.33. The van der Waals surface area contributed by atoms with Crippen LogP contribution in [-0.4, -0.2) is 34.2 Å². The number of benzene rings is 2. The van der Waals surface area contributed by atoms with Crippen LogP contribution in [-0.2, 0) is 6.42 Å². The van der Waals surface area contributed by atoms with E-state index < -0.39 is 0 Å². The fourth-order valence-electron chi connectivity index (χ4n) is 3.57. The topological polar surface area (TPSA) is 61.0 Å². The molecule has 0 radical (unpaired) electrons. The minimum atomic E-state index is -0.0310. The molecule has 0 spiro atoms. The van der Waals surface area contributed by atoms with E-state index in [1.54, 1.807) is 6.20 Å². The summed E-state index contributed by atoms with van der Waals surface area (Å²) >= 11 is 0. The van der Waals surface area contributed by atoms with Crippen molar-refractivity contribution in [3.05, 3.63) is 72.6 Å². The minimum Gasteiger partial charge on any atom is -0.324 e. The second-order valence-electron chi connectivity index (χ2n) is 6.75. The summed E-state index contributed by atoms with van der Waals surface area (Å²) in [4.78, 5) is 14.6. The highest BCUT2D eigenvalue weighted by atomic mass is 16.2. The van der Waals surface area contributed by atoms with Gasteiger partial charge in [-0.3, -0.25) is 5.10 Å². The zero-order valence-corrected chi connectivity index (χ0v) is 14.6. The van der Waals surface area contributed by atoms with Crippen LogP contribution >= 0.6 is 0 Å². The number of aromatic amines is 1. The highest BCUT2D eigenvalue weighted by Gasteiger charge is 2.26. The van der Waals surface area contributed by atoms with Gasteiger partial charge in [0.1, 0.15) is 0 Å². The second kappa shape index (κ2) is 7.44. The zero-order valence-electron chi connectivity index (χ0n) is 14.6. The lowest BCUT2D eigenvalue weighted by atomic mass is 9.99. The van der Waals surface area contributed by atoms with Gasteiger partial charge in [-0.25, -0.2) is 4.79 Å². The van der Waals surface area contributed by atoms with Gasteiger partial charge in [0.05, 0.1) is 11.9 Å². The number of anilines is 1. The molecule has 1 aromatic heterocycles. The van der Waals surface area contributed by atoms with Crippen molar-refractivity contribution in [3.63, 3.8) is 0 Å². The van der Waals surface area contributed by atoms with E-state index in [1.165, 1.54) is 5.56 Å². The molecule has 1 atom stereocenters. The number of hydrogen-bond acceptors (Lipinski definition) is 2. The highest BCUT2D eigenvalue weighted by molar-refractivity contribution is 5.94. The van der Waals surface area contributed by atoms with Crippen molar-refractivity contribution in [2.75, 3.05) is 18.4 Å². The van der Waals surface area contributed by atoms with Crippen LogP contribution in [0.4, 0.5) is 10.5 Å². The third-order valence-electron chi connectivity index (χ3n) is 4.92. The van der Waals surface area contributed by atoms with E-state index in [4.69, 9.17) is 0 Å². The molecule has 2 aromatic carbocycles. The molecule has 1 saturated heterocycles. The Kier molecular flexibility index (Phi) is 4.69. The third kappa shape index (κ3) is 3.61. The van der Waals surface area contributed by atoms with Gasteiger partial charge in [-0.2, -0.15) is 5.10 Å². The average Bonchev–Trinajstić information content (AvgIpc) is 3.35. The monoisotopic (exact) mass is 346 g/mol. The Morgan fingerprint density at radius 1 is 1.15 bits per heavy atom. The number of rotatable bonds is 4. The van der Waals surface area contributed by atoms with Gasteiger partial charge in [-0.05, 0) is 30.4 Å². The van der Waals surface area contributed by atoms with E-state index >= 15 is 0 Å². The number of H-pyrrole nitrogens is 1. The summed E-state index contributed by atoms with van der Waals surface area (Å²) in [6, 6.07) is 18.3. The summed E-state index contributed by atoms with van der Waals surface area (Å²) in [5, 5.41) is 9.89. The quantitative estimate of drug-likeness (QED) is 0.745. The van der Waals surface area contributed by atoms with Gasteiger partial charge >= 0.3 is 6.03 Å². The van der Waals surface area contributed by atoms with Crippen LogP contribution in [0.5, 0.6) is 0 Å². The van der Waals surface area contributed by atoms with Crippen molar-refractivity contribution >= 4 is 11.7 Å². The number of nitrogens with zero attached hydrogens (tertiary/aromatic N) is 2. The van der Waals surface area contributed by atoms with E-state index in [1.807, 2.05) is 41.4 Å². The van der Waals surface area contributed by atoms with Crippen LogP contribution in [0.3, 0.4) is 0 Å². The lowest BCUT2D eigenvalue weighted by Gasteiger charge is -2.19. The molecule has 1 aliphatic rings. The first-order valence-corrected chi connectivity index (χ1v) is 8.97. The summed E-state index contributed by atoms with van der Waals surface area (Å²) in [7, 11) is 0. The number of aromatic nitrogens is 2. The van der Waals surface area contributed by atoms with E-state index in [9.17, 15) is 4.79 Å². The van der Waals surface area contributed by atoms with Gasteiger partial charge < -0.3 is 10.2 Å². The normalized spacial score (nSPS) is 16.6. The van der Waals surface area contributed by atoms with Crippen molar-refractivity contribution in [3.8, 4) is 11.1 Å². The number of likely N-dealkylation sites (tertiary alicyclic amines) is 1. The maximum atomic E-state index is 12.7. The zero-order chi connectivity index (χ0) is 17.8.